The van der Waals surface area contributed by atoms with E-state index in [-0.39, 0.29) is 16.3 Å². The Labute approximate surface area is 206 Å². The van der Waals surface area contributed by atoms with Crippen LogP contribution in [-0.2, 0) is 21.2 Å². The third-order valence-electron chi connectivity index (χ3n) is 5.45. The summed E-state index contributed by atoms with van der Waals surface area (Å²) in [7, 11) is 0.475. The lowest BCUT2D eigenvalue weighted by molar-refractivity contribution is -0.119. The molecule has 3 aromatic rings. The Bertz CT molecular complexity index is 1240. The first-order valence-electron chi connectivity index (χ1n) is 11.0. The van der Waals surface area contributed by atoms with Crippen molar-refractivity contribution in [2.24, 2.45) is 0 Å². The Hall–Kier alpha value is -3.72. The quantitative estimate of drug-likeness (QED) is 0.434. The molecule has 0 radical (unpaired) electrons. The number of aryl methyl sites for hydroxylation is 1. The topological polar surface area (TPSA) is 94.2 Å². The molecule has 35 heavy (non-hydrogen) atoms. The van der Waals surface area contributed by atoms with Gasteiger partial charge in [-0.2, -0.15) is 0 Å². The highest BCUT2D eigenvalue weighted by Crippen LogP contribution is 2.35. The third kappa shape index (κ3) is 6.45. The lowest BCUT2D eigenvalue weighted by Crippen LogP contribution is -2.41. The van der Waals surface area contributed by atoms with Gasteiger partial charge in [-0.3, -0.25) is 9.10 Å². The Morgan fingerprint density at radius 1 is 0.857 bits per heavy atom. The molecule has 3 aromatic carbocycles. The summed E-state index contributed by atoms with van der Waals surface area (Å²) in [6, 6.07) is 18.8. The summed E-state index contributed by atoms with van der Waals surface area (Å²) >= 11 is 0. The summed E-state index contributed by atoms with van der Waals surface area (Å²) in [6.45, 7) is 1.81. The molecular weight excluding hydrogens is 468 g/mol. The van der Waals surface area contributed by atoms with E-state index in [1.54, 1.807) is 37.4 Å². The molecule has 0 unspecified atom stereocenters. The van der Waals surface area contributed by atoms with Gasteiger partial charge < -0.3 is 19.5 Å². The molecule has 1 amide bonds. The highest BCUT2D eigenvalue weighted by Gasteiger charge is 2.29. The van der Waals surface area contributed by atoms with Gasteiger partial charge in [0.25, 0.3) is 10.0 Å². The number of anilines is 1. The number of nitrogens with one attached hydrogen (secondary N) is 1. The van der Waals surface area contributed by atoms with E-state index in [1.807, 2.05) is 31.2 Å². The van der Waals surface area contributed by atoms with Gasteiger partial charge in [-0.25, -0.2) is 8.42 Å². The zero-order valence-electron chi connectivity index (χ0n) is 20.3. The fourth-order valence-corrected chi connectivity index (χ4v) is 4.88. The molecule has 9 heteroatoms. The van der Waals surface area contributed by atoms with Gasteiger partial charge in [-0.1, -0.05) is 29.8 Å². The fraction of sp³-hybridized carbons (Fsp3) is 0.269. The highest BCUT2D eigenvalue weighted by atomic mass is 32.2. The van der Waals surface area contributed by atoms with Gasteiger partial charge in [0.2, 0.25) is 5.91 Å². The first-order valence-corrected chi connectivity index (χ1v) is 12.4. The van der Waals surface area contributed by atoms with E-state index in [1.165, 1.54) is 26.4 Å². The second-order valence-corrected chi connectivity index (χ2v) is 9.67. The summed E-state index contributed by atoms with van der Waals surface area (Å²) in [6.07, 6.45) is 0.590. The Kier molecular flexibility index (Phi) is 8.59. The fourth-order valence-electron chi connectivity index (χ4n) is 3.45. The van der Waals surface area contributed by atoms with Crippen LogP contribution in [0, 0.1) is 6.92 Å². The number of sulfonamides is 1. The predicted octanol–water partition coefficient (Wildman–Crippen LogP) is 3.58. The zero-order valence-corrected chi connectivity index (χ0v) is 21.1. The van der Waals surface area contributed by atoms with Crippen molar-refractivity contribution in [1.29, 1.82) is 0 Å². The molecule has 0 fully saturated rings. The maximum Gasteiger partial charge on any atom is 0.264 e. The average molecular weight is 499 g/mol. The second-order valence-electron chi connectivity index (χ2n) is 7.81. The van der Waals surface area contributed by atoms with Crippen molar-refractivity contribution in [2.45, 2.75) is 18.2 Å². The lowest BCUT2D eigenvalue weighted by atomic mass is 10.1. The minimum atomic E-state index is -4.07. The summed E-state index contributed by atoms with van der Waals surface area (Å²) in [5.74, 6) is 1.09. The van der Waals surface area contributed by atoms with Crippen molar-refractivity contribution in [2.75, 3.05) is 38.7 Å². The van der Waals surface area contributed by atoms with Crippen molar-refractivity contribution in [1.82, 2.24) is 5.32 Å². The summed E-state index contributed by atoms with van der Waals surface area (Å²) in [5, 5.41) is 2.81. The molecule has 0 bridgehead atoms. The van der Waals surface area contributed by atoms with Crippen molar-refractivity contribution < 1.29 is 27.4 Å². The molecule has 0 aliphatic rings. The third-order valence-corrected chi connectivity index (χ3v) is 7.22. The number of carbonyl (C=O) groups is 1. The molecule has 3 rings (SSSR count). The van der Waals surface area contributed by atoms with E-state index in [2.05, 4.69) is 5.32 Å². The largest absolute Gasteiger partial charge is 0.497 e. The first-order chi connectivity index (χ1) is 16.8. The van der Waals surface area contributed by atoms with Crippen LogP contribution in [-0.4, -0.2) is 48.7 Å². The number of carbonyl (C=O) groups excluding carboxylic acids is 1. The number of rotatable bonds is 11. The number of methoxy groups -OCH3 is 3. The number of hydrogen-bond acceptors (Lipinski definition) is 6. The molecule has 0 heterocycles. The van der Waals surface area contributed by atoms with E-state index >= 15 is 0 Å². The van der Waals surface area contributed by atoms with Gasteiger partial charge in [0.05, 0.1) is 31.9 Å². The van der Waals surface area contributed by atoms with E-state index in [9.17, 15) is 13.2 Å². The van der Waals surface area contributed by atoms with E-state index < -0.39 is 22.5 Å². The molecule has 0 aliphatic carbocycles. The highest BCUT2D eigenvalue weighted by molar-refractivity contribution is 7.92. The van der Waals surface area contributed by atoms with Gasteiger partial charge in [0.1, 0.15) is 23.8 Å². The van der Waals surface area contributed by atoms with Crippen LogP contribution in [0.3, 0.4) is 0 Å². The molecular formula is C26H30N2O6S. The molecule has 0 saturated carbocycles. The van der Waals surface area contributed by atoms with Crippen LogP contribution >= 0.6 is 0 Å². The van der Waals surface area contributed by atoms with Crippen molar-refractivity contribution in [3.63, 3.8) is 0 Å². The molecule has 0 spiro atoms. The molecule has 8 nitrogen and oxygen atoms in total. The average Bonchev–Trinajstić information content (AvgIpc) is 2.87. The lowest BCUT2D eigenvalue weighted by Gasteiger charge is -2.26. The summed E-state index contributed by atoms with van der Waals surface area (Å²) < 4.78 is 44.1. The van der Waals surface area contributed by atoms with Gasteiger partial charge in [0.15, 0.2) is 0 Å². The van der Waals surface area contributed by atoms with Crippen LogP contribution in [0.15, 0.2) is 71.6 Å². The Morgan fingerprint density at radius 3 is 2.09 bits per heavy atom. The van der Waals surface area contributed by atoms with Gasteiger partial charge >= 0.3 is 0 Å². The number of amides is 1. The Balaban J connectivity index is 1.84. The Morgan fingerprint density at radius 2 is 1.49 bits per heavy atom. The first kappa shape index (κ1) is 25.9. The van der Waals surface area contributed by atoms with Crippen LogP contribution in [0.4, 0.5) is 5.69 Å². The monoisotopic (exact) mass is 498 g/mol. The SMILES string of the molecule is COc1ccc(CCNC(=O)CN(c2ccc(OC)cc2OC)S(=O)(=O)c2ccc(C)cc2)cc1. The van der Waals surface area contributed by atoms with Crippen LogP contribution in [0.25, 0.3) is 0 Å². The van der Waals surface area contributed by atoms with Gasteiger partial charge in [-0.05, 0) is 55.3 Å². The number of nitrogens with zero attached hydrogens (tertiary/aromatic N) is 1. The number of hydrogen-bond donors (Lipinski definition) is 1. The molecule has 186 valence electrons. The van der Waals surface area contributed by atoms with Crippen molar-refractivity contribution in [3.05, 3.63) is 77.9 Å². The minimum Gasteiger partial charge on any atom is -0.497 e. The maximum absolute atomic E-state index is 13.6. The molecule has 1 N–H and O–H groups in total. The summed E-state index contributed by atoms with van der Waals surface area (Å²) in [5.41, 5.74) is 2.18. The number of ether oxygens (including phenoxy) is 3. The second kappa shape index (κ2) is 11.6. The van der Waals surface area contributed by atoms with Gasteiger partial charge in [0, 0.05) is 12.6 Å². The standard InChI is InChI=1S/C26H30N2O6S/c1-19-5-12-23(13-6-19)35(30,31)28(24-14-11-22(33-3)17-25(24)34-4)18-26(29)27-16-15-20-7-9-21(32-2)10-8-20/h5-14,17H,15-16,18H2,1-4H3,(H,27,29). The van der Waals surface area contributed by atoms with Crippen LogP contribution < -0.4 is 23.8 Å². The van der Waals surface area contributed by atoms with Gasteiger partial charge in [-0.15, -0.1) is 0 Å². The van der Waals surface area contributed by atoms with Crippen LogP contribution in [0.1, 0.15) is 11.1 Å². The molecule has 0 aliphatic heterocycles. The van der Waals surface area contributed by atoms with E-state index in [4.69, 9.17) is 14.2 Å². The molecule has 0 atom stereocenters. The van der Waals surface area contributed by atoms with Crippen LogP contribution in [0.5, 0.6) is 17.2 Å². The van der Waals surface area contributed by atoms with E-state index in [0.717, 1.165) is 21.2 Å². The molecule has 0 saturated heterocycles. The van der Waals surface area contributed by atoms with E-state index in [0.29, 0.717) is 18.7 Å². The zero-order chi connectivity index (χ0) is 25.4. The summed E-state index contributed by atoms with van der Waals surface area (Å²) in [4.78, 5) is 12.9. The predicted molar refractivity (Wildman–Crippen MR) is 135 cm³/mol. The minimum absolute atomic E-state index is 0.0759. The van der Waals surface area contributed by atoms with Crippen LogP contribution in [0.2, 0.25) is 0 Å². The van der Waals surface area contributed by atoms with Crippen molar-refractivity contribution >= 4 is 21.6 Å². The smallest absolute Gasteiger partial charge is 0.264 e. The maximum atomic E-state index is 13.6. The number of benzene rings is 3. The normalized spacial score (nSPS) is 11.0. The van der Waals surface area contributed by atoms with Crippen molar-refractivity contribution in [3.8, 4) is 17.2 Å². The molecule has 0 aromatic heterocycles.